The van der Waals surface area contributed by atoms with Gasteiger partial charge in [0, 0.05) is 16.9 Å². The summed E-state index contributed by atoms with van der Waals surface area (Å²) in [6.45, 7) is 0. The summed E-state index contributed by atoms with van der Waals surface area (Å²) in [4.78, 5) is 8.81. The number of imidazole rings is 1. The molecule has 0 aromatic carbocycles. The predicted octanol–water partition coefficient (Wildman–Crippen LogP) is 2.91. The van der Waals surface area contributed by atoms with Gasteiger partial charge in [-0.1, -0.05) is 21.1 Å². The van der Waals surface area contributed by atoms with Crippen molar-refractivity contribution in [3.8, 4) is 11.5 Å². The van der Waals surface area contributed by atoms with Crippen molar-refractivity contribution in [2.24, 2.45) is 0 Å². The fourth-order valence-electron chi connectivity index (χ4n) is 2.76. The molecule has 0 aliphatic heterocycles. The Kier molecular flexibility index (Phi) is 2.87. The Hall–Kier alpha value is -1.73. The maximum absolute atomic E-state index is 10.5. The first-order valence-electron chi connectivity index (χ1n) is 6.85. The molecule has 3 aromatic heterocycles. The largest absolute Gasteiger partial charge is 0.380 e. The number of aromatic nitrogens is 4. The van der Waals surface area contributed by atoms with Crippen LogP contribution in [0.2, 0.25) is 0 Å². The summed E-state index contributed by atoms with van der Waals surface area (Å²) in [5, 5.41) is 14.4. The number of hydrogen-bond donors (Lipinski definition) is 1. The van der Waals surface area contributed by atoms with Gasteiger partial charge in [-0.15, -0.1) is 0 Å². The Balaban J connectivity index is 1.73. The van der Waals surface area contributed by atoms with Crippen LogP contribution in [-0.2, 0) is 5.60 Å². The molecule has 1 fully saturated rings. The van der Waals surface area contributed by atoms with Gasteiger partial charge in [-0.05, 0) is 37.8 Å². The van der Waals surface area contributed by atoms with Gasteiger partial charge in [-0.2, -0.15) is 4.98 Å². The van der Waals surface area contributed by atoms with E-state index in [0.29, 0.717) is 30.3 Å². The molecule has 0 radical (unpaired) electrons. The second-order valence-corrected chi connectivity index (χ2v) is 6.31. The lowest BCUT2D eigenvalue weighted by atomic mass is 10.0. The minimum Gasteiger partial charge on any atom is -0.380 e. The topological polar surface area (TPSA) is 76.5 Å². The standard InChI is InChI=1S/C14H13BrN4O2/c15-9-3-6-19-8-10(16-11(19)7-9)12-17-13(21-18-12)14(20)4-1-2-5-14/h3,6-8,20H,1-2,4-5H2. The van der Waals surface area contributed by atoms with E-state index >= 15 is 0 Å². The Morgan fingerprint density at radius 1 is 1.29 bits per heavy atom. The third-order valence-electron chi connectivity index (χ3n) is 3.91. The van der Waals surface area contributed by atoms with Crippen LogP contribution in [0.5, 0.6) is 0 Å². The number of fused-ring (bicyclic) bond motifs is 1. The SMILES string of the molecule is OC1(c2nc(-c3cn4ccc(Br)cc4n3)no2)CCCC1. The molecule has 7 heteroatoms. The van der Waals surface area contributed by atoms with Gasteiger partial charge in [0.05, 0.1) is 0 Å². The zero-order chi connectivity index (χ0) is 14.4. The third-order valence-corrected chi connectivity index (χ3v) is 4.40. The molecule has 1 saturated carbocycles. The summed E-state index contributed by atoms with van der Waals surface area (Å²) in [6.07, 6.45) is 7.06. The van der Waals surface area contributed by atoms with Crippen LogP contribution < -0.4 is 0 Å². The maximum Gasteiger partial charge on any atom is 0.258 e. The highest BCUT2D eigenvalue weighted by atomic mass is 79.9. The van der Waals surface area contributed by atoms with Crippen LogP contribution in [0.4, 0.5) is 0 Å². The molecule has 3 aromatic rings. The Labute approximate surface area is 128 Å². The fourth-order valence-corrected chi connectivity index (χ4v) is 3.08. The Morgan fingerprint density at radius 2 is 2.10 bits per heavy atom. The van der Waals surface area contributed by atoms with Gasteiger partial charge in [-0.25, -0.2) is 4.98 Å². The van der Waals surface area contributed by atoms with E-state index in [0.717, 1.165) is 23.0 Å². The smallest absolute Gasteiger partial charge is 0.258 e. The van der Waals surface area contributed by atoms with Gasteiger partial charge in [-0.3, -0.25) is 0 Å². The van der Waals surface area contributed by atoms with Crippen LogP contribution in [-0.4, -0.2) is 24.6 Å². The number of rotatable bonds is 2. The Bertz CT molecular complexity index is 804. The molecule has 0 atom stereocenters. The van der Waals surface area contributed by atoms with E-state index in [1.165, 1.54) is 0 Å². The number of nitrogens with zero attached hydrogens (tertiary/aromatic N) is 4. The van der Waals surface area contributed by atoms with Gasteiger partial charge < -0.3 is 14.0 Å². The first-order chi connectivity index (χ1) is 10.1. The number of hydrogen-bond acceptors (Lipinski definition) is 5. The van der Waals surface area contributed by atoms with Crippen LogP contribution in [0, 0.1) is 0 Å². The van der Waals surface area contributed by atoms with Crippen molar-refractivity contribution in [2.45, 2.75) is 31.3 Å². The number of aliphatic hydroxyl groups is 1. The first-order valence-corrected chi connectivity index (χ1v) is 7.65. The highest BCUT2D eigenvalue weighted by Crippen LogP contribution is 2.38. The van der Waals surface area contributed by atoms with E-state index in [9.17, 15) is 5.11 Å². The summed E-state index contributed by atoms with van der Waals surface area (Å²) in [5.74, 6) is 0.707. The second-order valence-electron chi connectivity index (χ2n) is 5.40. The molecule has 0 amide bonds. The highest BCUT2D eigenvalue weighted by molar-refractivity contribution is 9.10. The molecule has 0 unspecified atom stereocenters. The first kappa shape index (κ1) is 13.0. The van der Waals surface area contributed by atoms with Crippen molar-refractivity contribution in [1.29, 1.82) is 0 Å². The van der Waals surface area contributed by atoms with E-state index in [-0.39, 0.29) is 0 Å². The average Bonchev–Trinajstić information content (AvgIpc) is 3.15. The van der Waals surface area contributed by atoms with Gasteiger partial charge in [0.15, 0.2) is 0 Å². The monoisotopic (exact) mass is 348 g/mol. The lowest BCUT2D eigenvalue weighted by Crippen LogP contribution is -2.21. The van der Waals surface area contributed by atoms with E-state index in [4.69, 9.17) is 4.52 Å². The van der Waals surface area contributed by atoms with Crippen LogP contribution in [0.1, 0.15) is 31.6 Å². The lowest BCUT2D eigenvalue weighted by molar-refractivity contribution is 0.0112. The van der Waals surface area contributed by atoms with Crippen molar-refractivity contribution >= 4 is 21.6 Å². The molecular formula is C14H13BrN4O2. The molecule has 6 nitrogen and oxygen atoms in total. The average molecular weight is 349 g/mol. The van der Waals surface area contributed by atoms with Crippen LogP contribution >= 0.6 is 15.9 Å². The summed E-state index contributed by atoms with van der Waals surface area (Å²) in [5.41, 5.74) is 0.461. The van der Waals surface area contributed by atoms with Crippen molar-refractivity contribution in [1.82, 2.24) is 19.5 Å². The molecular weight excluding hydrogens is 336 g/mol. The van der Waals surface area contributed by atoms with Crippen LogP contribution in [0.25, 0.3) is 17.2 Å². The summed E-state index contributed by atoms with van der Waals surface area (Å²) in [6, 6.07) is 3.84. The molecule has 21 heavy (non-hydrogen) atoms. The molecule has 4 rings (SSSR count). The van der Waals surface area contributed by atoms with E-state index in [1.807, 2.05) is 28.9 Å². The van der Waals surface area contributed by atoms with Crippen molar-refractivity contribution < 1.29 is 9.63 Å². The van der Waals surface area contributed by atoms with Crippen molar-refractivity contribution in [3.63, 3.8) is 0 Å². The van der Waals surface area contributed by atoms with Gasteiger partial charge in [0.1, 0.15) is 16.9 Å². The fraction of sp³-hybridized carbons (Fsp3) is 0.357. The van der Waals surface area contributed by atoms with Gasteiger partial charge >= 0.3 is 0 Å². The zero-order valence-corrected chi connectivity index (χ0v) is 12.7. The molecule has 3 heterocycles. The molecule has 0 bridgehead atoms. The normalized spacial score (nSPS) is 17.6. The summed E-state index contributed by atoms with van der Waals surface area (Å²) >= 11 is 3.42. The van der Waals surface area contributed by atoms with Gasteiger partial charge in [0.25, 0.3) is 5.89 Å². The molecule has 0 saturated heterocycles. The van der Waals surface area contributed by atoms with Crippen LogP contribution in [0.15, 0.2) is 33.5 Å². The van der Waals surface area contributed by atoms with Gasteiger partial charge in [0.2, 0.25) is 5.82 Å². The number of pyridine rings is 1. The van der Waals surface area contributed by atoms with Crippen molar-refractivity contribution in [3.05, 3.63) is 34.9 Å². The van der Waals surface area contributed by atoms with Crippen molar-refractivity contribution in [2.75, 3.05) is 0 Å². The minimum absolute atomic E-state index is 0.299. The number of halogens is 1. The quantitative estimate of drug-likeness (QED) is 0.770. The van der Waals surface area contributed by atoms with E-state index in [1.54, 1.807) is 0 Å². The summed E-state index contributed by atoms with van der Waals surface area (Å²) in [7, 11) is 0. The van der Waals surface area contributed by atoms with E-state index < -0.39 is 5.60 Å². The highest BCUT2D eigenvalue weighted by Gasteiger charge is 2.38. The second kappa shape index (κ2) is 4.64. The third kappa shape index (κ3) is 2.16. The van der Waals surface area contributed by atoms with E-state index in [2.05, 4.69) is 31.1 Å². The minimum atomic E-state index is -0.965. The molecule has 0 spiro atoms. The molecule has 1 aliphatic rings. The Morgan fingerprint density at radius 3 is 2.90 bits per heavy atom. The molecule has 108 valence electrons. The zero-order valence-electron chi connectivity index (χ0n) is 11.2. The lowest BCUT2D eigenvalue weighted by Gasteiger charge is -2.15. The summed E-state index contributed by atoms with van der Waals surface area (Å²) < 4.78 is 8.10. The maximum atomic E-state index is 10.5. The predicted molar refractivity (Wildman–Crippen MR) is 78.5 cm³/mol. The van der Waals surface area contributed by atoms with Crippen LogP contribution in [0.3, 0.4) is 0 Å². The molecule has 1 aliphatic carbocycles. The molecule has 1 N–H and O–H groups in total.